The molecule has 0 amide bonds. The summed E-state index contributed by atoms with van der Waals surface area (Å²) in [5.41, 5.74) is 1.02. The maximum atomic E-state index is 9.91. The number of hydrogen-bond donors (Lipinski definition) is 2. The molecule has 1 aromatic heterocycles. The van der Waals surface area contributed by atoms with Crippen molar-refractivity contribution < 1.29 is 5.11 Å². The zero-order chi connectivity index (χ0) is 9.97. The predicted molar refractivity (Wildman–Crippen MR) is 57.6 cm³/mol. The largest absolute Gasteiger partial charge is 0.391 e. The minimum Gasteiger partial charge on any atom is -0.391 e. The molecular formula is C10H16N2OS. The number of aromatic nitrogens is 1. The van der Waals surface area contributed by atoms with Crippen LogP contribution >= 0.6 is 11.3 Å². The number of nitrogens with zero attached hydrogens (tertiary/aromatic N) is 1. The fourth-order valence-electron chi connectivity index (χ4n) is 1.90. The molecular weight excluding hydrogens is 196 g/mol. The molecule has 1 saturated heterocycles. The van der Waals surface area contributed by atoms with Crippen molar-refractivity contribution in [2.24, 2.45) is 0 Å². The van der Waals surface area contributed by atoms with Crippen molar-refractivity contribution in [3.63, 3.8) is 0 Å². The topological polar surface area (TPSA) is 45.2 Å². The average Bonchev–Trinajstić information content (AvgIpc) is 2.75. The van der Waals surface area contributed by atoms with E-state index in [0.717, 1.165) is 23.7 Å². The molecule has 0 bridgehead atoms. The molecule has 2 N–H and O–H groups in total. The number of aliphatic hydroxyl groups excluding tert-OH is 1. The highest BCUT2D eigenvalue weighted by molar-refractivity contribution is 7.09. The van der Waals surface area contributed by atoms with E-state index in [1.165, 1.54) is 6.42 Å². The van der Waals surface area contributed by atoms with Crippen molar-refractivity contribution in [3.05, 3.63) is 16.1 Å². The van der Waals surface area contributed by atoms with Crippen molar-refractivity contribution >= 4 is 11.3 Å². The molecule has 78 valence electrons. The highest BCUT2D eigenvalue weighted by Crippen LogP contribution is 2.15. The average molecular weight is 212 g/mol. The van der Waals surface area contributed by atoms with E-state index in [0.29, 0.717) is 6.42 Å². The molecule has 4 heteroatoms. The lowest BCUT2D eigenvalue weighted by molar-refractivity contribution is 0.135. The molecule has 1 fully saturated rings. The first-order chi connectivity index (χ1) is 6.75. The van der Waals surface area contributed by atoms with Crippen LogP contribution in [0.15, 0.2) is 5.38 Å². The van der Waals surface area contributed by atoms with E-state index in [-0.39, 0.29) is 12.1 Å². The Morgan fingerprint density at radius 2 is 2.64 bits per heavy atom. The Balaban J connectivity index is 1.90. The van der Waals surface area contributed by atoms with Gasteiger partial charge in [0.2, 0.25) is 0 Å². The van der Waals surface area contributed by atoms with Gasteiger partial charge < -0.3 is 10.4 Å². The van der Waals surface area contributed by atoms with Gasteiger partial charge in [-0.15, -0.1) is 11.3 Å². The van der Waals surface area contributed by atoms with Gasteiger partial charge in [-0.25, -0.2) is 4.98 Å². The van der Waals surface area contributed by atoms with Crippen LogP contribution in [0.25, 0.3) is 0 Å². The lowest BCUT2D eigenvalue weighted by Gasteiger charge is -2.16. The Morgan fingerprint density at radius 1 is 1.79 bits per heavy atom. The van der Waals surface area contributed by atoms with Gasteiger partial charge in [0.15, 0.2) is 0 Å². The van der Waals surface area contributed by atoms with Gasteiger partial charge >= 0.3 is 0 Å². The van der Waals surface area contributed by atoms with Crippen LogP contribution in [-0.2, 0) is 6.42 Å². The van der Waals surface area contributed by atoms with Gasteiger partial charge in [0.1, 0.15) is 0 Å². The number of aryl methyl sites for hydroxylation is 1. The lowest BCUT2D eigenvalue weighted by Crippen LogP contribution is -2.36. The van der Waals surface area contributed by atoms with Crippen LogP contribution in [0, 0.1) is 6.92 Å². The summed E-state index contributed by atoms with van der Waals surface area (Å²) in [6.07, 6.45) is 2.67. The van der Waals surface area contributed by atoms with Crippen LogP contribution < -0.4 is 5.32 Å². The zero-order valence-electron chi connectivity index (χ0n) is 8.36. The van der Waals surface area contributed by atoms with Gasteiger partial charge in [-0.3, -0.25) is 0 Å². The number of hydrogen-bond acceptors (Lipinski definition) is 4. The molecule has 0 aromatic carbocycles. The van der Waals surface area contributed by atoms with E-state index in [9.17, 15) is 5.11 Å². The second kappa shape index (κ2) is 4.38. The predicted octanol–water partition coefficient (Wildman–Crippen LogP) is 1.11. The van der Waals surface area contributed by atoms with Crippen LogP contribution in [0.5, 0.6) is 0 Å². The van der Waals surface area contributed by atoms with Crippen LogP contribution in [-0.4, -0.2) is 28.8 Å². The first-order valence-corrected chi connectivity index (χ1v) is 5.96. The van der Waals surface area contributed by atoms with Crippen LogP contribution in [0.3, 0.4) is 0 Å². The zero-order valence-corrected chi connectivity index (χ0v) is 9.18. The van der Waals surface area contributed by atoms with Crippen molar-refractivity contribution in [1.29, 1.82) is 0 Å². The number of thiazole rings is 1. The van der Waals surface area contributed by atoms with Crippen molar-refractivity contribution in [3.8, 4) is 0 Å². The van der Waals surface area contributed by atoms with E-state index in [2.05, 4.69) is 10.3 Å². The summed E-state index contributed by atoms with van der Waals surface area (Å²) in [6, 6.07) is 0.275. The molecule has 2 atom stereocenters. The molecule has 2 rings (SSSR count). The monoisotopic (exact) mass is 212 g/mol. The summed E-state index contributed by atoms with van der Waals surface area (Å²) in [6.45, 7) is 3.03. The minimum absolute atomic E-state index is 0.275. The minimum atomic E-state index is -0.279. The quantitative estimate of drug-likeness (QED) is 0.789. The highest BCUT2D eigenvalue weighted by Gasteiger charge is 2.23. The van der Waals surface area contributed by atoms with Crippen molar-refractivity contribution in [2.45, 2.75) is 38.3 Å². The molecule has 14 heavy (non-hydrogen) atoms. The molecule has 0 radical (unpaired) electrons. The molecule has 3 nitrogen and oxygen atoms in total. The molecule has 2 heterocycles. The fraction of sp³-hybridized carbons (Fsp3) is 0.700. The summed E-state index contributed by atoms with van der Waals surface area (Å²) in [4.78, 5) is 4.35. The van der Waals surface area contributed by atoms with Gasteiger partial charge in [-0.1, -0.05) is 0 Å². The number of nitrogens with one attached hydrogen (secondary N) is 1. The Hall–Kier alpha value is -0.450. The highest BCUT2D eigenvalue weighted by atomic mass is 32.1. The van der Waals surface area contributed by atoms with Crippen LogP contribution in [0.2, 0.25) is 0 Å². The molecule has 1 aromatic rings. The van der Waals surface area contributed by atoms with Gasteiger partial charge in [0.05, 0.1) is 16.8 Å². The Morgan fingerprint density at radius 3 is 3.21 bits per heavy atom. The summed E-state index contributed by atoms with van der Waals surface area (Å²) in [5, 5.41) is 16.3. The van der Waals surface area contributed by atoms with Crippen molar-refractivity contribution in [1.82, 2.24) is 10.3 Å². The number of aliphatic hydroxyl groups is 1. The second-order valence-corrected chi connectivity index (χ2v) is 4.89. The van der Waals surface area contributed by atoms with E-state index < -0.39 is 0 Å². The maximum Gasteiger partial charge on any atom is 0.0897 e. The van der Waals surface area contributed by atoms with E-state index in [4.69, 9.17) is 0 Å². The summed E-state index contributed by atoms with van der Waals surface area (Å²) in [7, 11) is 0. The third kappa shape index (κ3) is 2.32. The van der Waals surface area contributed by atoms with Gasteiger partial charge in [0, 0.05) is 17.8 Å². The summed E-state index contributed by atoms with van der Waals surface area (Å²) in [5.74, 6) is 0. The van der Waals surface area contributed by atoms with Crippen molar-refractivity contribution in [2.75, 3.05) is 6.54 Å². The molecule has 2 unspecified atom stereocenters. The van der Waals surface area contributed by atoms with E-state index in [1.54, 1.807) is 11.3 Å². The first kappa shape index (κ1) is 10.1. The molecule has 0 saturated carbocycles. The Kier molecular flexibility index (Phi) is 3.15. The van der Waals surface area contributed by atoms with E-state index >= 15 is 0 Å². The summed E-state index contributed by atoms with van der Waals surface area (Å²) >= 11 is 1.65. The first-order valence-electron chi connectivity index (χ1n) is 5.08. The van der Waals surface area contributed by atoms with Gasteiger partial charge in [-0.2, -0.15) is 0 Å². The van der Waals surface area contributed by atoms with Crippen LogP contribution in [0.1, 0.15) is 23.5 Å². The molecule has 0 spiro atoms. The standard InChI is InChI=1S/C10H16N2OS/c1-7-12-8(6-14-7)5-10(13)9-3-2-4-11-9/h6,9-11,13H,2-5H2,1H3. The van der Waals surface area contributed by atoms with E-state index in [1.807, 2.05) is 12.3 Å². The maximum absolute atomic E-state index is 9.91. The lowest BCUT2D eigenvalue weighted by atomic mass is 10.1. The summed E-state index contributed by atoms with van der Waals surface area (Å²) < 4.78 is 0. The Bertz CT molecular complexity index is 294. The third-order valence-corrected chi connectivity index (χ3v) is 3.47. The van der Waals surface area contributed by atoms with Gasteiger partial charge in [0.25, 0.3) is 0 Å². The van der Waals surface area contributed by atoms with Gasteiger partial charge in [-0.05, 0) is 26.3 Å². The Labute approximate surface area is 88.2 Å². The normalized spacial score (nSPS) is 24.0. The third-order valence-electron chi connectivity index (χ3n) is 2.65. The SMILES string of the molecule is Cc1nc(CC(O)C2CCCN2)cs1. The number of rotatable bonds is 3. The molecule has 1 aliphatic heterocycles. The second-order valence-electron chi connectivity index (χ2n) is 3.83. The smallest absolute Gasteiger partial charge is 0.0897 e. The molecule has 1 aliphatic rings. The fourth-order valence-corrected chi connectivity index (χ4v) is 2.52. The van der Waals surface area contributed by atoms with Crippen LogP contribution in [0.4, 0.5) is 0 Å². The molecule has 0 aliphatic carbocycles.